The van der Waals surface area contributed by atoms with Crippen molar-refractivity contribution < 1.29 is 14.3 Å². The molecule has 1 aromatic carbocycles. The van der Waals surface area contributed by atoms with Crippen LogP contribution < -0.4 is 14.8 Å². The lowest BCUT2D eigenvalue weighted by atomic mass is 9.91. The molecule has 2 aliphatic rings. The zero-order valence-electron chi connectivity index (χ0n) is 9.73. The second-order valence-electron chi connectivity index (χ2n) is 4.41. The summed E-state index contributed by atoms with van der Waals surface area (Å²) in [4.78, 5) is 11.8. The number of carbonyl (C=O) groups is 1. The molecule has 18 heavy (non-hydrogen) atoms. The molecule has 1 N–H and O–H groups in total. The number of carbonyl (C=O) groups excluding carboxylic acids is 1. The molecule has 5 nitrogen and oxygen atoms in total. The largest absolute Gasteiger partial charge is 0.486 e. The van der Waals surface area contributed by atoms with Gasteiger partial charge < -0.3 is 14.8 Å². The molecule has 0 radical (unpaired) electrons. The Hall–Kier alpha value is -2.22. The van der Waals surface area contributed by atoms with Crippen molar-refractivity contribution in [1.82, 2.24) is 0 Å². The van der Waals surface area contributed by atoms with Crippen molar-refractivity contribution in [3.63, 3.8) is 0 Å². The topological polar surface area (TPSA) is 71.4 Å². The first kappa shape index (κ1) is 10.9. The molecule has 5 heteroatoms. The van der Waals surface area contributed by atoms with Crippen molar-refractivity contribution in [2.45, 2.75) is 12.8 Å². The lowest BCUT2D eigenvalue weighted by molar-refractivity contribution is -0.120. The number of hydrogen-bond acceptors (Lipinski definition) is 4. The second-order valence-corrected chi connectivity index (χ2v) is 4.41. The molecule has 0 aliphatic carbocycles. The highest BCUT2D eigenvalue weighted by Gasteiger charge is 2.28. The number of rotatable bonds is 1. The number of nitrogens with one attached hydrogen (secondary N) is 1. The molecule has 92 valence electrons. The lowest BCUT2D eigenvalue weighted by Gasteiger charge is -2.26. The molecule has 2 heterocycles. The van der Waals surface area contributed by atoms with Gasteiger partial charge in [-0.25, -0.2) is 0 Å². The number of nitrogens with zero attached hydrogens (tertiary/aromatic N) is 1. The van der Waals surface area contributed by atoms with E-state index in [1.54, 1.807) is 6.07 Å². The molecule has 0 saturated carbocycles. The molecular formula is C13H12N2O3. The van der Waals surface area contributed by atoms with Crippen molar-refractivity contribution >= 4 is 11.6 Å². The van der Waals surface area contributed by atoms with Gasteiger partial charge in [0.15, 0.2) is 11.5 Å². The quantitative estimate of drug-likeness (QED) is 0.812. The zero-order chi connectivity index (χ0) is 12.5. The van der Waals surface area contributed by atoms with Gasteiger partial charge in [0.2, 0.25) is 5.91 Å². The van der Waals surface area contributed by atoms with Gasteiger partial charge in [0.1, 0.15) is 13.2 Å². The van der Waals surface area contributed by atoms with Crippen LogP contribution in [-0.2, 0) is 11.2 Å². The summed E-state index contributed by atoms with van der Waals surface area (Å²) in [6, 6.07) is 5.74. The van der Waals surface area contributed by atoms with Gasteiger partial charge in [0, 0.05) is 18.2 Å². The van der Waals surface area contributed by atoms with Crippen LogP contribution in [0.25, 0.3) is 0 Å². The number of nitriles is 1. The van der Waals surface area contributed by atoms with E-state index in [0.717, 1.165) is 11.3 Å². The standard InChI is InChI=1S/C13H12N2O3/c14-2-1-8-5-9-6-11-12(18-4-3-17-11)7-10(9)15-13(8)16/h6-8H,1,3-5H2,(H,15,16). The first-order valence-electron chi connectivity index (χ1n) is 5.88. The minimum atomic E-state index is -0.273. The Bertz CT molecular complexity index is 548. The number of ether oxygens (including phenoxy) is 2. The molecule has 0 bridgehead atoms. The minimum Gasteiger partial charge on any atom is -0.486 e. The molecule has 1 atom stereocenters. The average Bonchev–Trinajstić information content (AvgIpc) is 2.38. The molecule has 2 aliphatic heterocycles. The summed E-state index contributed by atoms with van der Waals surface area (Å²) >= 11 is 0. The van der Waals surface area contributed by atoms with Crippen molar-refractivity contribution in [1.29, 1.82) is 5.26 Å². The molecule has 1 unspecified atom stereocenters. The fraction of sp³-hybridized carbons (Fsp3) is 0.385. The van der Waals surface area contributed by atoms with Gasteiger partial charge in [-0.2, -0.15) is 5.26 Å². The molecule has 0 saturated heterocycles. The van der Waals surface area contributed by atoms with E-state index in [-0.39, 0.29) is 18.2 Å². The number of benzene rings is 1. The predicted octanol–water partition coefficient (Wildman–Crippen LogP) is 1.48. The lowest BCUT2D eigenvalue weighted by Crippen LogP contribution is -2.30. The van der Waals surface area contributed by atoms with Crippen LogP contribution in [0.15, 0.2) is 12.1 Å². The maximum Gasteiger partial charge on any atom is 0.228 e. The van der Waals surface area contributed by atoms with Crippen LogP contribution in [0, 0.1) is 17.2 Å². The Balaban J connectivity index is 1.96. The van der Waals surface area contributed by atoms with Gasteiger partial charge in [0.25, 0.3) is 0 Å². The smallest absolute Gasteiger partial charge is 0.228 e. The summed E-state index contributed by atoms with van der Waals surface area (Å²) in [6.07, 6.45) is 0.811. The van der Waals surface area contributed by atoms with Gasteiger partial charge in [-0.05, 0) is 18.1 Å². The highest BCUT2D eigenvalue weighted by molar-refractivity contribution is 5.96. The Labute approximate surface area is 104 Å². The third kappa shape index (κ3) is 1.76. The second kappa shape index (κ2) is 4.22. The summed E-state index contributed by atoms with van der Waals surface area (Å²) in [5, 5.41) is 11.5. The fourth-order valence-corrected chi connectivity index (χ4v) is 2.28. The van der Waals surface area contributed by atoms with Gasteiger partial charge in [0.05, 0.1) is 12.0 Å². The van der Waals surface area contributed by atoms with Crippen molar-refractivity contribution in [2.75, 3.05) is 18.5 Å². The van der Waals surface area contributed by atoms with E-state index in [2.05, 4.69) is 5.32 Å². The Kier molecular flexibility index (Phi) is 2.56. The van der Waals surface area contributed by atoms with E-state index in [9.17, 15) is 4.79 Å². The first-order chi connectivity index (χ1) is 8.78. The summed E-state index contributed by atoms with van der Waals surface area (Å²) in [7, 11) is 0. The van der Waals surface area contributed by atoms with E-state index < -0.39 is 0 Å². The van der Waals surface area contributed by atoms with E-state index >= 15 is 0 Å². The maximum atomic E-state index is 11.8. The first-order valence-corrected chi connectivity index (χ1v) is 5.88. The normalized spacial score (nSPS) is 20.6. The van der Waals surface area contributed by atoms with Crippen LogP contribution in [0.4, 0.5) is 5.69 Å². The van der Waals surface area contributed by atoms with Crippen LogP contribution in [0.2, 0.25) is 0 Å². The fourth-order valence-electron chi connectivity index (χ4n) is 2.28. The maximum absolute atomic E-state index is 11.8. The van der Waals surface area contributed by atoms with Crippen LogP contribution in [0.3, 0.4) is 0 Å². The zero-order valence-corrected chi connectivity index (χ0v) is 9.73. The van der Waals surface area contributed by atoms with Gasteiger partial charge in [-0.3, -0.25) is 4.79 Å². The van der Waals surface area contributed by atoms with E-state index in [1.807, 2.05) is 12.1 Å². The molecule has 3 rings (SSSR count). The van der Waals surface area contributed by atoms with E-state index in [1.165, 1.54) is 0 Å². The minimum absolute atomic E-state index is 0.0965. The number of hydrogen-bond donors (Lipinski definition) is 1. The van der Waals surface area contributed by atoms with Gasteiger partial charge in [-0.1, -0.05) is 0 Å². The third-order valence-corrected chi connectivity index (χ3v) is 3.20. The summed E-state index contributed by atoms with van der Waals surface area (Å²) in [5.74, 6) is 1.01. The number of amides is 1. The van der Waals surface area contributed by atoms with Crippen molar-refractivity contribution in [3.05, 3.63) is 17.7 Å². The molecule has 1 aromatic rings. The Morgan fingerprint density at radius 3 is 2.78 bits per heavy atom. The molecule has 0 aromatic heterocycles. The Morgan fingerprint density at radius 2 is 2.06 bits per heavy atom. The van der Waals surface area contributed by atoms with Crippen LogP contribution in [0.1, 0.15) is 12.0 Å². The highest BCUT2D eigenvalue weighted by Crippen LogP contribution is 2.38. The highest BCUT2D eigenvalue weighted by atomic mass is 16.6. The summed E-state index contributed by atoms with van der Waals surface area (Å²) < 4.78 is 11.0. The van der Waals surface area contributed by atoms with Crippen LogP contribution in [-0.4, -0.2) is 19.1 Å². The predicted molar refractivity (Wildman–Crippen MR) is 63.5 cm³/mol. The number of anilines is 1. The van der Waals surface area contributed by atoms with E-state index in [0.29, 0.717) is 31.1 Å². The van der Waals surface area contributed by atoms with Gasteiger partial charge >= 0.3 is 0 Å². The van der Waals surface area contributed by atoms with E-state index in [4.69, 9.17) is 14.7 Å². The average molecular weight is 244 g/mol. The number of fused-ring (bicyclic) bond motifs is 2. The third-order valence-electron chi connectivity index (χ3n) is 3.20. The van der Waals surface area contributed by atoms with Crippen molar-refractivity contribution in [3.8, 4) is 17.6 Å². The van der Waals surface area contributed by atoms with Crippen LogP contribution >= 0.6 is 0 Å². The SMILES string of the molecule is N#CCC1Cc2cc3c(cc2NC1=O)OCCO3. The molecule has 0 spiro atoms. The molecular weight excluding hydrogens is 232 g/mol. The van der Waals surface area contributed by atoms with Crippen LogP contribution in [0.5, 0.6) is 11.5 Å². The molecule has 0 fully saturated rings. The van der Waals surface area contributed by atoms with Gasteiger partial charge in [-0.15, -0.1) is 0 Å². The van der Waals surface area contributed by atoms with Crippen molar-refractivity contribution in [2.24, 2.45) is 5.92 Å². The monoisotopic (exact) mass is 244 g/mol. The Morgan fingerprint density at radius 1 is 1.33 bits per heavy atom. The summed E-state index contributed by atoms with van der Waals surface area (Å²) in [6.45, 7) is 1.07. The molecule has 1 amide bonds. The summed E-state index contributed by atoms with van der Waals surface area (Å²) in [5.41, 5.74) is 1.76.